The molecule has 1 fully saturated rings. The van der Waals surface area contributed by atoms with Crippen molar-refractivity contribution >= 4 is 56.8 Å². The van der Waals surface area contributed by atoms with E-state index in [9.17, 15) is 0 Å². The summed E-state index contributed by atoms with van der Waals surface area (Å²) in [5.41, 5.74) is 13.5. The summed E-state index contributed by atoms with van der Waals surface area (Å²) < 4.78 is 6.83. The largest absolute Gasteiger partial charge is 0.426 e. The van der Waals surface area contributed by atoms with Crippen LogP contribution in [0, 0.1) is 5.41 Å². The predicted octanol–water partition coefficient (Wildman–Crippen LogP) is 14.3. The molecule has 8 aromatic rings. The van der Waals surface area contributed by atoms with Crippen molar-refractivity contribution in [3.05, 3.63) is 175 Å². The Morgan fingerprint density at radius 1 is 0.446 bits per heavy atom. The van der Waals surface area contributed by atoms with E-state index in [0.29, 0.717) is 0 Å². The second kappa shape index (κ2) is 13.4. The van der Waals surface area contributed by atoms with Gasteiger partial charge in [-0.25, -0.2) is 0 Å². The van der Waals surface area contributed by atoms with Crippen LogP contribution in [0.5, 0.6) is 0 Å². The van der Waals surface area contributed by atoms with E-state index in [1.807, 2.05) is 0 Å². The molecule has 0 bridgehead atoms. The van der Waals surface area contributed by atoms with Crippen molar-refractivity contribution in [1.82, 2.24) is 0 Å². The van der Waals surface area contributed by atoms with Gasteiger partial charge in [-0.2, -0.15) is 0 Å². The molecule has 0 N–H and O–H groups in total. The van der Waals surface area contributed by atoms with Crippen LogP contribution in [0.4, 0.5) is 0 Å². The number of hydrogen-bond acceptors (Lipinski definition) is 1. The summed E-state index contributed by atoms with van der Waals surface area (Å²) >= 11 is 0. The third-order valence-electron chi connectivity index (χ3n) is 12.9. The lowest BCUT2D eigenvalue weighted by Crippen LogP contribution is -2.36. The van der Waals surface area contributed by atoms with Gasteiger partial charge in [-0.15, -0.1) is 0 Å². The van der Waals surface area contributed by atoms with Crippen LogP contribution in [0.25, 0.3) is 89.0 Å². The minimum absolute atomic E-state index is 0.0351. The van der Waals surface area contributed by atoms with Gasteiger partial charge in [0.05, 0.1) is 5.60 Å². The summed E-state index contributed by atoms with van der Waals surface area (Å²) in [7, 11) is 0. The molecule has 10 rings (SSSR count). The first kappa shape index (κ1) is 34.5. The van der Waals surface area contributed by atoms with Gasteiger partial charge in [0.1, 0.15) is 0 Å². The Morgan fingerprint density at radius 2 is 0.982 bits per heavy atom. The highest BCUT2D eigenvalue weighted by Gasteiger charge is 2.49. The van der Waals surface area contributed by atoms with Crippen molar-refractivity contribution in [2.45, 2.75) is 46.0 Å². The summed E-state index contributed by atoms with van der Waals surface area (Å²) in [6, 6.07) is 56.7. The van der Waals surface area contributed by atoms with E-state index in [0.717, 1.165) is 12.7 Å². The summed E-state index contributed by atoms with van der Waals surface area (Å²) in [5.74, 6) is 0. The van der Waals surface area contributed by atoms with E-state index >= 15 is 0 Å². The average Bonchev–Trinajstić information content (AvgIpc) is 3.34. The highest BCUT2D eigenvalue weighted by molar-refractivity contribution is 6.68. The van der Waals surface area contributed by atoms with Crippen molar-refractivity contribution in [1.29, 1.82) is 0 Å². The molecule has 1 saturated heterocycles. The summed E-state index contributed by atoms with van der Waals surface area (Å²) in [4.78, 5) is 0. The molecular weight excluding hydrogens is 675 g/mol. The third-order valence-corrected chi connectivity index (χ3v) is 12.9. The second-order valence-corrected chi connectivity index (χ2v) is 16.9. The number of rotatable bonds is 5. The van der Waals surface area contributed by atoms with E-state index < -0.39 is 0 Å². The van der Waals surface area contributed by atoms with E-state index in [-0.39, 0.29) is 17.9 Å². The lowest BCUT2D eigenvalue weighted by Gasteiger charge is -2.34. The first-order valence-corrected chi connectivity index (χ1v) is 20.1. The maximum atomic E-state index is 6.83. The minimum atomic E-state index is -0.214. The fourth-order valence-corrected chi connectivity index (χ4v) is 9.02. The van der Waals surface area contributed by atoms with Crippen LogP contribution in [0.15, 0.2) is 164 Å². The van der Waals surface area contributed by atoms with Gasteiger partial charge in [0.25, 0.3) is 0 Å². The van der Waals surface area contributed by atoms with Crippen LogP contribution < -0.4 is 5.46 Å². The normalized spacial score (nSPS) is 15.8. The molecule has 270 valence electrons. The van der Waals surface area contributed by atoms with Crippen molar-refractivity contribution < 1.29 is 4.65 Å². The van der Waals surface area contributed by atoms with Crippen molar-refractivity contribution in [3.8, 4) is 44.5 Å². The molecule has 56 heavy (non-hydrogen) atoms. The molecule has 0 aromatic heterocycles. The van der Waals surface area contributed by atoms with Gasteiger partial charge >= 0.3 is 6.92 Å². The Hall–Kier alpha value is -5.96. The van der Waals surface area contributed by atoms with Gasteiger partial charge in [0, 0.05) is 0 Å². The quantitative estimate of drug-likeness (QED) is 0.127. The average molecular weight is 721 g/mol. The van der Waals surface area contributed by atoms with Gasteiger partial charge < -0.3 is 4.65 Å². The third kappa shape index (κ3) is 5.92. The van der Waals surface area contributed by atoms with Gasteiger partial charge in [-0.3, -0.25) is 0 Å². The zero-order valence-electron chi connectivity index (χ0n) is 32.6. The van der Waals surface area contributed by atoms with E-state index in [2.05, 4.69) is 204 Å². The molecular formula is C54H45BO. The molecule has 8 aromatic carbocycles. The molecule has 1 aliphatic carbocycles. The van der Waals surface area contributed by atoms with Crippen LogP contribution >= 0.6 is 0 Å². The van der Waals surface area contributed by atoms with Gasteiger partial charge in [-0.1, -0.05) is 178 Å². The summed E-state index contributed by atoms with van der Waals surface area (Å²) in [5, 5.41) is 7.56. The fourth-order valence-electron chi connectivity index (χ4n) is 9.02. The second-order valence-electron chi connectivity index (χ2n) is 16.9. The topological polar surface area (TPSA) is 9.23 Å². The fraction of sp³-hybridized carbons (Fsp3) is 0.148. The van der Waals surface area contributed by atoms with Crippen LogP contribution in [-0.4, -0.2) is 12.5 Å². The monoisotopic (exact) mass is 720 g/mol. The Bertz CT molecular complexity index is 2860. The zero-order valence-corrected chi connectivity index (χ0v) is 32.6. The maximum absolute atomic E-state index is 6.83. The Balaban J connectivity index is 1.13. The Kier molecular flexibility index (Phi) is 8.24. The standard InChI is InChI=1S/C54H45BO/c1-53(2)35-55(56-54(53,3)4)46-30-31-49-50(34-46)52(41-26-20-39(21-27-41)44-28-22-36-12-6-5-7-14-42(36)32-44)48-17-11-10-16-47(48)51(49)40-24-18-38(19-25-40)45-29-23-37-13-8-9-15-43(37)33-45/h6-34H,5,35H2,1-4H3. The van der Waals surface area contributed by atoms with Crippen LogP contribution in [0.2, 0.25) is 6.32 Å². The molecule has 0 amide bonds. The first-order valence-electron chi connectivity index (χ1n) is 20.1. The van der Waals surface area contributed by atoms with Gasteiger partial charge in [-0.05, 0) is 138 Å². The van der Waals surface area contributed by atoms with Gasteiger partial charge in [0.2, 0.25) is 0 Å². The maximum Gasteiger partial charge on any atom is 0.327 e. The lowest BCUT2D eigenvalue weighted by molar-refractivity contribution is 0.0375. The SMILES string of the molecule is CC1(C)CB(c2ccc3c(-c4ccc(-c5ccc6ccccc6c5)cc4)c4ccccc4c(-c4ccc(-c5ccc6c(c5)C=CCC=C6)cc4)c3c2)OC1(C)C. The van der Waals surface area contributed by atoms with Crippen LogP contribution in [-0.2, 0) is 4.65 Å². The highest BCUT2D eigenvalue weighted by atomic mass is 16.5. The number of allylic oxidation sites excluding steroid dienone is 2. The van der Waals surface area contributed by atoms with Crippen LogP contribution in [0.3, 0.4) is 0 Å². The van der Waals surface area contributed by atoms with Crippen LogP contribution in [0.1, 0.15) is 45.2 Å². The molecule has 1 nitrogen and oxygen atoms in total. The smallest absolute Gasteiger partial charge is 0.327 e. The molecule has 0 atom stereocenters. The Morgan fingerprint density at radius 3 is 1.64 bits per heavy atom. The number of benzene rings is 8. The molecule has 1 heterocycles. The number of fused-ring (bicyclic) bond motifs is 4. The predicted molar refractivity (Wildman–Crippen MR) is 243 cm³/mol. The number of hydrogen-bond donors (Lipinski definition) is 0. The van der Waals surface area contributed by atoms with E-state index in [1.54, 1.807) is 0 Å². The van der Waals surface area contributed by atoms with Crippen molar-refractivity contribution in [2.75, 3.05) is 0 Å². The summed E-state index contributed by atoms with van der Waals surface area (Å²) in [6.07, 6.45) is 10.9. The molecule has 0 spiro atoms. The molecule has 1 aliphatic heterocycles. The molecule has 2 heteroatoms. The first-order chi connectivity index (χ1) is 27.2. The molecule has 0 radical (unpaired) electrons. The zero-order chi connectivity index (χ0) is 38.0. The van der Waals surface area contributed by atoms with Crippen molar-refractivity contribution in [3.63, 3.8) is 0 Å². The lowest BCUT2D eigenvalue weighted by atomic mass is 9.54. The van der Waals surface area contributed by atoms with E-state index in [4.69, 9.17) is 4.65 Å². The minimum Gasteiger partial charge on any atom is -0.426 e. The molecule has 2 aliphatic rings. The molecule has 0 saturated carbocycles. The molecule has 0 unspecified atom stereocenters. The summed E-state index contributed by atoms with van der Waals surface area (Å²) in [6.45, 7) is 9.20. The van der Waals surface area contributed by atoms with E-state index in [1.165, 1.54) is 93.4 Å². The van der Waals surface area contributed by atoms with Gasteiger partial charge in [0.15, 0.2) is 0 Å². The Labute approximate surface area is 331 Å². The van der Waals surface area contributed by atoms with Crippen molar-refractivity contribution in [2.24, 2.45) is 5.41 Å². The highest BCUT2D eigenvalue weighted by Crippen LogP contribution is 2.47.